The van der Waals surface area contributed by atoms with Gasteiger partial charge in [0.25, 0.3) is 0 Å². The van der Waals surface area contributed by atoms with Crippen LogP contribution in [0, 0.1) is 5.92 Å². The Bertz CT molecular complexity index is 461. The van der Waals surface area contributed by atoms with Gasteiger partial charge in [-0.2, -0.15) is 13.2 Å². The Morgan fingerprint density at radius 3 is 2.78 bits per heavy atom. The number of carbonyl (C=O) groups is 1. The molecule has 1 atom stereocenters. The van der Waals surface area contributed by atoms with Crippen molar-refractivity contribution in [2.45, 2.75) is 19.5 Å². The average molecular weight is 259 g/mol. The Labute approximate surface area is 102 Å². The van der Waals surface area contributed by atoms with Gasteiger partial charge in [0, 0.05) is 25.2 Å². The van der Waals surface area contributed by atoms with Crippen LogP contribution in [0.15, 0.2) is 12.3 Å². The molecule has 0 radical (unpaired) electrons. The van der Waals surface area contributed by atoms with Crippen LogP contribution in [0.3, 0.4) is 0 Å². The van der Waals surface area contributed by atoms with E-state index in [0.29, 0.717) is 19.5 Å². The molecule has 18 heavy (non-hydrogen) atoms. The number of aromatic nitrogens is 2. The Kier molecular flexibility index (Phi) is 3.23. The van der Waals surface area contributed by atoms with Crippen LogP contribution in [0.25, 0.3) is 0 Å². The number of hydrogen-bond donors (Lipinski definition) is 0. The topological polar surface area (TPSA) is 46.1 Å². The van der Waals surface area contributed by atoms with Crippen LogP contribution in [-0.4, -0.2) is 28.8 Å². The van der Waals surface area contributed by atoms with E-state index in [1.165, 1.54) is 6.92 Å². The van der Waals surface area contributed by atoms with E-state index in [1.54, 1.807) is 4.90 Å². The fraction of sp³-hybridized carbons (Fsp3) is 0.545. The van der Waals surface area contributed by atoms with Crippen LogP contribution in [0.4, 0.5) is 19.1 Å². The van der Waals surface area contributed by atoms with E-state index in [2.05, 4.69) is 9.97 Å². The zero-order valence-corrected chi connectivity index (χ0v) is 9.74. The molecule has 0 N–H and O–H groups in total. The molecule has 1 aliphatic heterocycles. The second-order valence-electron chi connectivity index (χ2n) is 4.28. The molecule has 1 saturated heterocycles. The summed E-state index contributed by atoms with van der Waals surface area (Å²) < 4.78 is 37.5. The Morgan fingerprint density at radius 2 is 2.22 bits per heavy atom. The Hall–Kier alpha value is -1.66. The van der Waals surface area contributed by atoms with Crippen molar-refractivity contribution in [2.75, 3.05) is 18.0 Å². The molecule has 0 spiro atoms. The van der Waals surface area contributed by atoms with E-state index in [1.807, 2.05) is 0 Å². The van der Waals surface area contributed by atoms with Gasteiger partial charge in [-0.3, -0.25) is 4.79 Å². The van der Waals surface area contributed by atoms with E-state index < -0.39 is 11.9 Å². The highest BCUT2D eigenvalue weighted by molar-refractivity contribution is 5.79. The summed E-state index contributed by atoms with van der Waals surface area (Å²) in [4.78, 5) is 20.1. The lowest BCUT2D eigenvalue weighted by molar-refractivity contribution is -0.141. The molecule has 1 aliphatic rings. The maximum Gasteiger partial charge on any atom is 0.433 e. The van der Waals surface area contributed by atoms with Crippen LogP contribution in [0.2, 0.25) is 0 Å². The summed E-state index contributed by atoms with van der Waals surface area (Å²) >= 11 is 0. The molecular weight excluding hydrogens is 247 g/mol. The summed E-state index contributed by atoms with van der Waals surface area (Å²) in [5.41, 5.74) is -0.959. The second kappa shape index (κ2) is 4.55. The van der Waals surface area contributed by atoms with Crippen LogP contribution >= 0.6 is 0 Å². The lowest BCUT2D eigenvalue weighted by Crippen LogP contribution is -2.24. The summed E-state index contributed by atoms with van der Waals surface area (Å²) in [7, 11) is 0. The smallest absolute Gasteiger partial charge is 0.340 e. The van der Waals surface area contributed by atoms with Crippen molar-refractivity contribution in [3.05, 3.63) is 18.0 Å². The van der Waals surface area contributed by atoms with Crippen LogP contribution in [0.5, 0.6) is 0 Å². The van der Waals surface area contributed by atoms with Gasteiger partial charge < -0.3 is 4.90 Å². The molecule has 2 rings (SSSR count). The van der Waals surface area contributed by atoms with Crippen molar-refractivity contribution in [2.24, 2.45) is 5.92 Å². The minimum atomic E-state index is -4.47. The first kappa shape index (κ1) is 12.8. The standard InChI is InChI=1S/C11H12F3N3O/c1-7(18)8-3-5-17(6-8)10-15-4-2-9(16-10)11(12,13)14/h2,4,8H,3,5-6H2,1H3. The van der Waals surface area contributed by atoms with Gasteiger partial charge in [-0.25, -0.2) is 9.97 Å². The Morgan fingerprint density at radius 1 is 1.50 bits per heavy atom. The molecule has 2 heterocycles. The lowest BCUT2D eigenvalue weighted by Gasteiger charge is -2.16. The quantitative estimate of drug-likeness (QED) is 0.814. The number of anilines is 1. The molecule has 0 saturated carbocycles. The molecule has 1 aromatic heterocycles. The highest BCUT2D eigenvalue weighted by Gasteiger charge is 2.34. The third-order valence-electron chi connectivity index (χ3n) is 2.98. The van der Waals surface area contributed by atoms with Crippen molar-refractivity contribution in [3.8, 4) is 0 Å². The van der Waals surface area contributed by atoms with E-state index >= 15 is 0 Å². The van der Waals surface area contributed by atoms with Gasteiger partial charge in [-0.05, 0) is 19.4 Å². The highest BCUT2D eigenvalue weighted by Crippen LogP contribution is 2.29. The fourth-order valence-electron chi connectivity index (χ4n) is 1.93. The van der Waals surface area contributed by atoms with Gasteiger partial charge in [0.05, 0.1) is 0 Å². The number of hydrogen-bond acceptors (Lipinski definition) is 4. The molecule has 7 heteroatoms. The van der Waals surface area contributed by atoms with Crippen LogP contribution < -0.4 is 4.90 Å². The normalized spacial score (nSPS) is 20.2. The molecule has 0 aromatic carbocycles. The molecule has 0 bridgehead atoms. The van der Waals surface area contributed by atoms with E-state index in [-0.39, 0.29) is 17.6 Å². The number of nitrogens with zero attached hydrogens (tertiary/aromatic N) is 3. The molecule has 0 amide bonds. The monoisotopic (exact) mass is 259 g/mol. The third-order valence-corrected chi connectivity index (χ3v) is 2.98. The van der Waals surface area contributed by atoms with Crippen LogP contribution in [0.1, 0.15) is 19.0 Å². The molecule has 4 nitrogen and oxygen atoms in total. The predicted molar refractivity (Wildman–Crippen MR) is 58.0 cm³/mol. The summed E-state index contributed by atoms with van der Waals surface area (Å²) in [6.45, 7) is 2.38. The molecular formula is C11H12F3N3O. The Balaban J connectivity index is 2.18. The number of Topliss-reactive ketones (excluding diaryl/α,β-unsaturated/α-hetero) is 1. The van der Waals surface area contributed by atoms with Gasteiger partial charge in [-0.15, -0.1) is 0 Å². The third kappa shape index (κ3) is 2.60. The van der Waals surface area contributed by atoms with E-state index in [9.17, 15) is 18.0 Å². The molecule has 1 unspecified atom stereocenters. The number of alkyl halides is 3. The first-order valence-electron chi connectivity index (χ1n) is 5.53. The van der Waals surface area contributed by atoms with Gasteiger partial charge >= 0.3 is 6.18 Å². The highest BCUT2D eigenvalue weighted by atomic mass is 19.4. The minimum absolute atomic E-state index is 0.0357. The molecule has 1 aromatic rings. The summed E-state index contributed by atoms with van der Waals surface area (Å²) in [6.07, 6.45) is -2.75. The van der Waals surface area contributed by atoms with E-state index in [0.717, 1.165) is 12.3 Å². The zero-order valence-electron chi connectivity index (χ0n) is 9.74. The van der Waals surface area contributed by atoms with Gasteiger partial charge in [0.2, 0.25) is 5.95 Å². The maximum absolute atomic E-state index is 12.5. The SMILES string of the molecule is CC(=O)C1CCN(c2nccc(C(F)(F)F)n2)C1. The number of rotatable bonds is 2. The minimum Gasteiger partial charge on any atom is -0.340 e. The lowest BCUT2D eigenvalue weighted by atomic mass is 10.1. The van der Waals surface area contributed by atoms with E-state index in [4.69, 9.17) is 0 Å². The van der Waals surface area contributed by atoms with Gasteiger partial charge in [0.15, 0.2) is 0 Å². The van der Waals surface area contributed by atoms with Gasteiger partial charge in [0.1, 0.15) is 11.5 Å². The fourth-order valence-corrected chi connectivity index (χ4v) is 1.93. The second-order valence-corrected chi connectivity index (χ2v) is 4.28. The van der Waals surface area contributed by atoms with Crippen molar-refractivity contribution < 1.29 is 18.0 Å². The summed E-state index contributed by atoms with van der Waals surface area (Å²) in [6, 6.07) is 0.835. The van der Waals surface area contributed by atoms with Crippen molar-refractivity contribution in [3.63, 3.8) is 0 Å². The van der Waals surface area contributed by atoms with Crippen LogP contribution in [-0.2, 0) is 11.0 Å². The molecule has 1 fully saturated rings. The first-order valence-corrected chi connectivity index (χ1v) is 5.53. The number of carbonyl (C=O) groups excluding carboxylic acids is 1. The number of ketones is 1. The van der Waals surface area contributed by atoms with Gasteiger partial charge in [-0.1, -0.05) is 0 Å². The van der Waals surface area contributed by atoms with Crippen molar-refractivity contribution in [1.29, 1.82) is 0 Å². The maximum atomic E-state index is 12.5. The first-order chi connectivity index (χ1) is 8.38. The predicted octanol–water partition coefficient (Wildman–Crippen LogP) is 1.91. The zero-order chi connectivity index (χ0) is 13.3. The molecule has 98 valence electrons. The largest absolute Gasteiger partial charge is 0.433 e. The van der Waals surface area contributed by atoms with Crippen molar-refractivity contribution >= 4 is 11.7 Å². The molecule has 0 aliphatic carbocycles. The van der Waals surface area contributed by atoms with Crippen molar-refractivity contribution in [1.82, 2.24) is 9.97 Å². The average Bonchev–Trinajstić information content (AvgIpc) is 2.77. The summed E-state index contributed by atoms with van der Waals surface area (Å²) in [5.74, 6) is -0.0545. The summed E-state index contributed by atoms with van der Waals surface area (Å²) in [5, 5.41) is 0. The number of halogens is 3.